The fourth-order valence-electron chi connectivity index (χ4n) is 1.72. The highest BCUT2D eigenvalue weighted by atomic mass is 32.2. The van der Waals surface area contributed by atoms with Crippen molar-refractivity contribution in [1.82, 2.24) is 9.71 Å². The summed E-state index contributed by atoms with van der Waals surface area (Å²) < 4.78 is 29.2. The molecule has 1 aromatic carbocycles. The fourth-order valence-corrected chi connectivity index (χ4v) is 3.40. The predicted molar refractivity (Wildman–Crippen MR) is 76.9 cm³/mol. The minimum absolute atomic E-state index is 0.150. The Morgan fingerprint density at radius 3 is 2.52 bits per heavy atom. The molecule has 0 fully saturated rings. The molecule has 2 heterocycles. The SMILES string of the molecule is O=c1[nH]c2ccsc2c(=O)n1OS(=O)(=O)c1ccccc1. The van der Waals surface area contributed by atoms with Gasteiger partial charge in [-0.05, 0) is 23.6 Å². The van der Waals surface area contributed by atoms with Gasteiger partial charge in [0.05, 0.1) is 5.52 Å². The third-order valence-electron chi connectivity index (χ3n) is 2.67. The minimum atomic E-state index is -4.26. The molecule has 0 saturated heterocycles. The summed E-state index contributed by atoms with van der Waals surface area (Å²) in [4.78, 5) is 26.1. The van der Waals surface area contributed by atoms with Crippen LogP contribution in [0.5, 0.6) is 0 Å². The molecular formula is C12H8N2O5S2. The molecule has 0 unspecified atom stereocenters. The van der Waals surface area contributed by atoms with Crippen molar-refractivity contribution in [1.29, 1.82) is 0 Å². The Labute approximate surface area is 122 Å². The number of nitrogens with one attached hydrogen (secondary N) is 1. The molecule has 0 saturated carbocycles. The third kappa shape index (κ3) is 2.36. The molecule has 0 spiro atoms. The lowest BCUT2D eigenvalue weighted by atomic mass is 10.4. The molecule has 0 atom stereocenters. The van der Waals surface area contributed by atoms with Crippen LogP contribution in [0.2, 0.25) is 0 Å². The van der Waals surface area contributed by atoms with Crippen LogP contribution in [-0.2, 0) is 10.1 Å². The van der Waals surface area contributed by atoms with Gasteiger partial charge in [-0.25, -0.2) is 4.79 Å². The second kappa shape index (κ2) is 4.86. The average molecular weight is 324 g/mol. The molecule has 1 N–H and O–H groups in total. The molecule has 0 bridgehead atoms. The van der Waals surface area contributed by atoms with Crippen LogP contribution in [-0.4, -0.2) is 18.1 Å². The van der Waals surface area contributed by atoms with Crippen LogP contribution in [0, 0.1) is 0 Å². The maximum absolute atomic E-state index is 12.1. The Morgan fingerprint density at radius 2 is 1.81 bits per heavy atom. The van der Waals surface area contributed by atoms with E-state index in [1.165, 1.54) is 24.3 Å². The standard InChI is InChI=1S/C12H8N2O5S2/c15-11-10-9(6-7-20-10)13-12(16)14(11)19-21(17,18)8-4-2-1-3-5-8/h1-7H,(H,13,16). The Kier molecular flexibility index (Phi) is 3.15. The molecule has 0 aliphatic rings. The molecule has 2 aromatic heterocycles. The van der Waals surface area contributed by atoms with E-state index in [4.69, 9.17) is 0 Å². The van der Waals surface area contributed by atoms with Gasteiger partial charge in [0.1, 0.15) is 9.60 Å². The van der Waals surface area contributed by atoms with Crippen LogP contribution < -0.4 is 15.5 Å². The summed E-state index contributed by atoms with van der Waals surface area (Å²) in [5, 5.41) is 1.61. The molecule has 0 radical (unpaired) electrons. The number of rotatable bonds is 3. The van der Waals surface area contributed by atoms with E-state index in [2.05, 4.69) is 9.27 Å². The average Bonchev–Trinajstić information content (AvgIpc) is 2.93. The molecule has 3 rings (SSSR count). The number of H-pyrrole nitrogens is 1. The maximum Gasteiger partial charge on any atom is 0.363 e. The van der Waals surface area contributed by atoms with E-state index in [9.17, 15) is 18.0 Å². The molecule has 3 aromatic rings. The molecule has 9 heteroatoms. The first kappa shape index (κ1) is 13.6. The summed E-state index contributed by atoms with van der Waals surface area (Å²) in [5.41, 5.74) is -1.43. The maximum atomic E-state index is 12.1. The van der Waals surface area contributed by atoms with Crippen LogP contribution in [0.15, 0.2) is 56.3 Å². The first-order chi connectivity index (χ1) is 9.99. The minimum Gasteiger partial charge on any atom is -0.303 e. The lowest BCUT2D eigenvalue weighted by molar-refractivity contribution is 0.254. The quantitative estimate of drug-likeness (QED) is 0.759. The number of fused-ring (bicyclic) bond motifs is 1. The Balaban J connectivity index is 2.15. The van der Waals surface area contributed by atoms with E-state index >= 15 is 0 Å². The van der Waals surface area contributed by atoms with E-state index in [0.717, 1.165) is 11.3 Å². The number of benzene rings is 1. The van der Waals surface area contributed by atoms with E-state index in [1.807, 2.05) is 0 Å². The lowest BCUT2D eigenvalue weighted by Gasteiger charge is -2.06. The molecular weight excluding hydrogens is 316 g/mol. The first-order valence-electron chi connectivity index (χ1n) is 5.71. The molecule has 0 aliphatic heterocycles. The van der Waals surface area contributed by atoms with Crippen LogP contribution in [0.1, 0.15) is 0 Å². The summed E-state index contributed by atoms with van der Waals surface area (Å²) in [6, 6.07) is 8.81. The zero-order chi connectivity index (χ0) is 15.0. The van der Waals surface area contributed by atoms with Gasteiger partial charge in [0.2, 0.25) is 0 Å². The Morgan fingerprint density at radius 1 is 1.10 bits per heavy atom. The van der Waals surface area contributed by atoms with Crippen molar-refractivity contribution in [3.63, 3.8) is 0 Å². The van der Waals surface area contributed by atoms with Crippen LogP contribution in [0.3, 0.4) is 0 Å². The Hall–Kier alpha value is -2.39. The molecule has 0 amide bonds. The van der Waals surface area contributed by atoms with Gasteiger partial charge in [-0.1, -0.05) is 22.9 Å². The zero-order valence-electron chi connectivity index (χ0n) is 10.3. The van der Waals surface area contributed by atoms with Gasteiger partial charge in [-0.3, -0.25) is 9.08 Å². The smallest absolute Gasteiger partial charge is 0.303 e. The number of aromatic amines is 1. The second-order valence-corrected chi connectivity index (χ2v) is 6.48. The van der Waals surface area contributed by atoms with Crippen molar-refractivity contribution >= 4 is 31.7 Å². The second-order valence-electron chi connectivity index (χ2n) is 4.03. The van der Waals surface area contributed by atoms with Crippen molar-refractivity contribution in [2.45, 2.75) is 4.90 Å². The highest BCUT2D eigenvalue weighted by Crippen LogP contribution is 2.12. The first-order valence-corrected chi connectivity index (χ1v) is 8.00. The summed E-state index contributed by atoms with van der Waals surface area (Å²) in [6.45, 7) is 0. The molecule has 7 nitrogen and oxygen atoms in total. The van der Waals surface area contributed by atoms with Gasteiger partial charge in [0.25, 0.3) is 0 Å². The van der Waals surface area contributed by atoms with Gasteiger partial charge >= 0.3 is 21.4 Å². The van der Waals surface area contributed by atoms with Crippen molar-refractivity contribution in [2.75, 3.05) is 0 Å². The zero-order valence-corrected chi connectivity index (χ0v) is 12.0. The van der Waals surface area contributed by atoms with E-state index < -0.39 is 21.4 Å². The van der Waals surface area contributed by atoms with E-state index in [1.54, 1.807) is 17.5 Å². The van der Waals surface area contributed by atoms with Crippen molar-refractivity contribution < 1.29 is 12.7 Å². The predicted octanol–water partition coefficient (Wildman–Crippen LogP) is 0.569. The summed E-state index contributed by atoms with van der Waals surface area (Å²) in [5.74, 6) is 0. The van der Waals surface area contributed by atoms with Crippen LogP contribution in [0.4, 0.5) is 0 Å². The highest BCUT2D eigenvalue weighted by Gasteiger charge is 2.20. The van der Waals surface area contributed by atoms with Crippen molar-refractivity contribution in [2.24, 2.45) is 0 Å². The van der Waals surface area contributed by atoms with Gasteiger partial charge < -0.3 is 4.98 Å². The van der Waals surface area contributed by atoms with Crippen LogP contribution in [0.25, 0.3) is 10.2 Å². The number of hydrogen-bond acceptors (Lipinski definition) is 6. The van der Waals surface area contributed by atoms with Gasteiger partial charge in [0.15, 0.2) is 0 Å². The van der Waals surface area contributed by atoms with Gasteiger partial charge in [-0.15, -0.1) is 11.3 Å². The lowest BCUT2D eigenvalue weighted by Crippen LogP contribution is -2.41. The van der Waals surface area contributed by atoms with Crippen molar-refractivity contribution in [3.05, 3.63) is 62.6 Å². The van der Waals surface area contributed by atoms with Gasteiger partial charge in [0, 0.05) is 0 Å². The van der Waals surface area contributed by atoms with E-state index in [-0.39, 0.29) is 14.3 Å². The molecule has 108 valence electrons. The van der Waals surface area contributed by atoms with Gasteiger partial charge in [-0.2, -0.15) is 8.42 Å². The number of aromatic nitrogens is 2. The normalized spacial score (nSPS) is 11.6. The third-order valence-corrected chi connectivity index (χ3v) is 4.77. The fraction of sp³-hybridized carbons (Fsp3) is 0. The van der Waals surface area contributed by atoms with Crippen LogP contribution >= 0.6 is 11.3 Å². The summed E-state index contributed by atoms with van der Waals surface area (Å²) in [7, 11) is -4.26. The summed E-state index contributed by atoms with van der Waals surface area (Å²) >= 11 is 1.08. The molecule has 0 aliphatic carbocycles. The number of nitrogens with zero attached hydrogens (tertiary/aromatic N) is 1. The largest absolute Gasteiger partial charge is 0.363 e. The number of hydrogen-bond donors (Lipinski definition) is 1. The molecule has 21 heavy (non-hydrogen) atoms. The Bertz CT molecular complexity index is 1010. The highest BCUT2D eigenvalue weighted by molar-refractivity contribution is 7.87. The topological polar surface area (TPSA) is 98.2 Å². The number of thiophene rings is 1. The van der Waals surface area contributed by atoms with E-state index in [0.29, 0.717) is 5.52 Å². The summed E-state index contributed by atoms with van der Waals surface area (Å²) in [6.07, 6.45) is 0. The monoisotopic (exact) mass is 324 g/mol. The van der Waals surface area contributed by atoms with Crippen molar-refractivity contribution in [3.8, 4) is 0 Å².